The lowest BCUT2D eigenvalue weighted by atomic mass is 10.1. The molecule has 1 atom stereocenters. The van der Waals surface area contributed by atoms with Gasteiger partial charge in [-0.1, -0.05) is 30.3 Å². The van der Waals surface area contributed by atoms with Crippen LogP contribution in [-0.2, 0) is 6.54 Å². The van der Waals surface area contributed by atoms with Crippen LogP contribution in [0.5, 0.6) is 0 Å². The molecule has 0 saturated carbocycles. The lowest BCUT2D eigenvalue weighted by Crippen LogP contribution is -2.32. The molecule has 0 radical (unpaired) electrons. The fourth-order valence-corrected chi connectivity index (χ4v) is 2.84. The largest absolute Gasteiger partial charge is 0.338 e. The van der Waals surface area contributed by atoms with Crippen LogP contribution in [0.1, 0.15) is 35.2 Å². The van der Waals surface area contributed by atoms with Gasteiger partial charge < -0.3 is 10.6 Å². The Morgan fingerprint density at radius 3 is 2.86 bits per heavy atom. The smallest absolute Gasteiger partial charge is 0.257 e. The third kappa shape index (κ3) is 3.54. The van der Waals surface area contributed by atoms with Gasteiger partial charge in [-0.15, -0.1) is 0 Å². The average molecular weight is 298 g/mol. The first-order valence-corrected chi connectivity index (χ1v) is 7.83. The molecule has 5 heteroatoms. The summed E-state index contributed by atoms with van der Waals surface area (Å²) in [5, 5.41) is 4.31. The van der Waals surface area contributed by atoms with E-state index in [1.165, 1.54) is 5.56 Å². The fraction of sp³-hybridized carbons (Fsp3) is 0.412. The molecule has 1 aromatic carbocycles. The van der Waals surface area contributed by atoms with Gasteiger partial charge in [-0.3, -0.25) is 9.48 Å². The number of likely N-dealkylation sites (tertiary alicyclic amines) is 1. The Hall–Kier alpha value is -2.14. The van der Waals surface area contributed by atoms with E-state index in [0.717, 1.165) is 32.4 Å². The predicted molar refractivity (Wildman–Crippen MR) is 85.5 cm³/mol. The zero-order chi connectivity index (χ0) is 15.4. The summed E-state index contributed by atoms with van der Waals surface area (Å²) >= 11 is 0. The van der Waals surface area contributed by atoms with Crippen molar-refractivity contribution >= 4 is 5.91 Å². The SMILES string of the molecule is NC1CCCN(C(=O)c2cnn(Cc3ccccc3)c2)CC1. The molecule has 1 saturated heterocycles. The van der Waals surface area contributed by atoms with Crippen LogP contribution in [0.4, 0.5) is 0 Å². The van der Waals surface area contributed by atoms with E-state index in [4.69, 9.17) is 5.73 Å². The van der Waals surface area contributed by atoms with Crippen molar-refractivity contribution in [2.24, 2.45) is 5.73 Å². The van der Waals surface area contributed by atoms with Crippen LogP contribution in [0.15, 0.2) is 42.7 Å². The molecule has 3 rings (SSSR count). The summed E-state index contributed by atoms with van der Waals surface area (Å²) in [5.41, 5.74) is 7.80. The van der Waals surface area contributed by atoms with Crippen LogP contribution in [0.2, 0.25) is 0 Å². The molecule has 1 aliphatic heterocycles. The number of rotatable bonds is 3. The maximum Gasteiger partial charge on any atom is 0.257 e. The quantitative estimate of drug-likeness (QED) is 0.941. The monoisotopic (exact) mass is 298 g/mol. The van der Waals surface area contributed by atoms with Crippen molar-refractivity contribution in [3.05, 3.63) is 53.9 Å². The predicted octanol–water partition coefficient (Wildman–Crippen LogP) is 1.88. The van der Waals surface area contributed by atoms with Gasteiger partial charge in [-0.05, 0) is 24.8 Å². The van der Waals surface area contributed by atoms with Gasteiger partial charge in [0.05, 0.1) is 18.3 Å². The van der Waals surface area contributed by atoms with Crippen molar-refractivity contribution in [2.45, 2.75) is 31.8 Å². The molecule has 0 spiro atoms. The Bertz CT molecular complexity index is 623. The molecule has 2 aromatic rings. The van der Waals surface area contributed by atoms with Gasteiger partial charge in [0.1, 0.15) is 0 Å². The molecule has 1 fully saturated rings. The Morgan fingerprint density at radius 2 is 2.05 bits per heavy atom. The molecule has 1 aromatic heterocycles. The minimum Gasteiger partial charge on any atom is -0.338 e. The number of nitrogens with zero attached hydrogens (tertiary/aromatic N) is 3. The second-order valence-corrected chi connectivity index (χ2v) is 5.90. The van der Waals surface area contributed by atoms with Crippen LogP contribution in [0.25, 0.3) is 0 Å². The molecule has 116 valence electrons. The van der Waals surface area contributed by atoms with E-state index >= 15 is 0 Å². The highest BCUT2D eigenvalue weighted by Crippen LogP contribution is 2.13. The topological polar surface area (TPSA) is 64.2 Å². The zero-order valence-electron chi connectivity index (χ0n) is 12.7. The lowest BCUT2D eigenvalue weighted by Gasteiger charge is -2.19. The molecule has 0 bridgehead atoms. The highest BCUT2D eigenvalue weighted by Gasteiger charge is 2.20. The second kappa shape index (κ2) is 6.75. The van der Waals surface area contributed by atoms with Crippen molar-refractivity contribution in [2.75, 3.05) is 13.1 Å². The van der Waals surface area contributed by atoms with E-state index in [2.05, 4.69) is 17.2 Å². The second-order valence-electron chi connectivity index (χ2n) is 5.90. The molecular weight excluding hydrogens is 276 g/mol. The van der Waals surface area contributed by atoms with E-state index < -0.39 is 0 Å². The minimum atomic E-state index is 0.0633. The summed E-state index contributed by atoms with van der Waals surface area (Å²) in [7, 11) is 0. The summed E-state index contributed by atoms with van der Waals surface area (Å²) < 4.78 is 1.81. The summed E-state index contributed by atoms with van der Waals surface area (Å²) in [6.07, 6.45) is 6.35. The fourth-order valence-electron chi connectivity index (χ4n) is 2.84. The van der Waals surface area contributed by atoms with Crippen molar-refractivity contribution in [3.8, 4) is 0 Å². The minimum absolute atomic E-state index is 0.0633. The first-order valence-electron chi connectivity index (χ1n) is 7.83. The number of benzene rings is 1. The van der Waals surface area contributed by atoms with E-state index in [1.807, 2.05) is 34.0 Å². The van der Waals surface area contributed by atoms with Gasteiger partial charge in [0, 0.05) is 25.3 Å². The third-order valence-electron chi connectivity index (χ3n) is 4.13. The molecule has 1 amide bonds. The standard InChI is InChI=1S/C17H22N4O/c18-16-7-4-9-20(10-8-16)17(22)15-11-19-21(13-15)12-14-5-2-1-3-6-14/h1-3,5-6,11,13,16H,4,7-10,12,18H2. The molecule has 1 aliphatic rings. The summed E-state index contributed by atoms with van der Waals surface area (Å²) in [6.45, 7) is 2.21. The van der Waals surface area contributed by atoms with E-state index in [0.29, 0.717) is 12.1 Å². The number of hydrogen-bond donors (Lipinski definition) is 1. The molecule has 2 heterocycles. The van der Waals surface area contributed by atoms with Crippen molar-refractivity contribution in [1.29, 1.82) is 0 Å². The van der Waals surface area contributed by atoms with E-state index in [9.17, 15) is 4.79 Å². The van der Waals surface area contributed by atoms with Crippen molar-refractivity contribution in [3.63, 3.8) is 0 Å². The molecule has 2 N–H and O–H groups in total. The number of aromatic nitrogens is 2. The van der Waals surface area contributed by atoms with Gasteiger partial charge in [-0.2, -0.15) is 5.10 Å². The number of hydrogen-bond acceptors (Lipinski definition) is 3. The van der Waals surface area contributed by atoms with Gasteiger partial charge in [-0.25, -0.2) is 0 Å². The normalized spacial score (nSPS) is 19.0. The van der Waals surface area contributed by atoms with Gasteiger partial charge in [0.15, 0.2) is 0 Å². The van der Waals surface area contributed by atoms with Crippen LogP contribution in [0.3, 0.4) is 0 Å². The highest BCUT2D eigenvalue weighted by molar-refractivity contribution is 5.93. The Balaban J connectivity index is 1.66. The highest BCUT2D eigenvalue weighted by atomic mass is 16.2. The number of amides is 1. The van der Waals surface area contributed by atoms with E-state index in [1.54, 1.807) is 6.20 Å². The van der Waals surface area contributed by atoms with Gasteiger partial charge in [0.25, 0.3) is 5.91 Å². The summed E-state index contributed by atoms with van der Waals surface area (Å²) in [6, 6.07) is 10.3. The van der Waals surface area contributed by atoms with Gasteiger partial charge >= 0.3 is 0 Å². The molecule has 5 nitrogen and oxygen atoms in total. The molecule has 1 unspecified atom stereocenters. The van der Waals surface area contributed by atoms with Crippen LogP contribution in [-0.4, -0.2) is 39.7 Å². The van der Waals surface area contributed by atoms with Crippen molar-refractivity contribution in [1.82, 2.24) is 14.7 Å². The lowest BCUT2D eigenvalue weighted by molar-refractivity contribution is 0.0761. The number of nitrogens with two attached hydrogens (primary N) is 1. The Morgan fingerprint density at radius 1 is 1.23 bits per heavy atom. The number of carbonyl (C=O) groups excluding carboxylic acids is 1. The third-order valence-corrected chi connectivity index (χ3v) is 4.13. The van der Waals surface area contributed by atoms with Crippen LogP contribution in [0, 0.1) is 0 Å². The van der Waals surface area contributed by atoms with E-state index in [-0.39, 0.29) is 11.9 Å². The maximum absolute atomic E-state index is 12.6. The summed E-state index contributed by atoms with van der Waals surface area (Å²) in [4.78, 5) is 14.5. The zero-order valence-corrected chi connectivity index (χ0v) is 12.7. The molecule has 22 heavy (non-hydrogen) atoms. The molecular formula is C17H22N4O. The number of carbonyl (C=O) groups is 1. The first-order chi connectivity index (χ1) is 10.7. The Kier molecular flexibility index (Phi) is 4.53. The van der Waals surface area contributed by atoms with Crippen molar-refractivity contribution < 1.29 is 4.79 Å². The van der Waals surface area contributed by atoms with Gasteiger partial charge in [0.2, 0.25) is 0 Å². The van der Waals surface area contributed by atoms with Crippen LogP contribution < -0.4 is 5.73 Å². The Labute approximate surface area is 130 Å². The maximum atomic E-state index is 12.6. The summed E-state index contributed by atoms with van der Waals surface area (Å²) in [5.74, 6) is 0.0633. The molecule has 0 aliphatic carbocycles. The van der Waals surface area contributed by atoms with Crippen LogP contribution >= 0.6 is 0 Å². The average Bonchev–Trinajstić information content (AvgIpc) is 2.88. The first kappa shape index (κ1) is 14.8.